The average molecular weight is 264 g/mol. The minimum absolute atomic E-state index is 0.232. The summed E-state index contributed by atoms with van der Waals surface area (Å²) in [6, 6.07) is 6.93. The monoisotopic (exact) mass is 263 g/mol. The Labute approximate surface area is 115 Å². The van der Waals surface area contributed by atoms with E-state index >= 15 is 0 Å². The highest BCUT2D eigenvalue weighted by atomic mass is 35.5. The number of halogens is 1. The zero-order chi connectivity index (χ0) is 12.9. The zero-order valence-electron chi connectivity index (χ0n) is 11.5. The number of hydrogen-bond acceptors (Lipinski definition) is 1. The summed E-state index contributed by atoms with van der Waals surface area (Å²) in [7, 11) is 0. The first-order valence-electron chi connectivity index (χ1n) is 7.05. The number of rotatable bonds is 0. The van der Waals surface area contributed by atoms with Crippen LogP contribution in [0.4, 0.5) is 5.69 Å². The van der Waals surface area contributed by atoms with Gasteiger partial charge in [-0.15, -0.1) is 0 Å². The molecule has 0 saturated heterocycles. The molecule has 1 nitrogen and oxygen atoms in total. The number of anilines is 1. The lowest BCUT2D eigenvalue weighted by atomic mass is 9.61. The Morgan fingerprint density at radius 1 is 1.28 bits per heavy atom. The van der Waals surface area contributed by atoms with E-state index in [2.05, 4.69) is 38.2 Å². The van der Waals surface area contributed by atoms with Gasteiger partial charge < -0.3 is 5.32 Å². The third-order valence-corrected chi connectivity index (χ3v) is 5.29. The molecule has 2 aliphatic rings. The molecular formula is C16H22ClN. The normalized spacial score (nSPS) is 33.2. The van der Waals surface area contributed by atoms with Gasteiger partial charge in [0.05, 0.1) is 0 Å². The molecule has 2 heteroatoms. The number of hydrogen-bond donors (Lipinski definition) is 1. The first-order valence-corrected chi connectivity index (χ1v) is 7.43. The molecule has 0 unspecified atom stereocenters. The van der Waals surface area contributed by atoms with E-state index in [1.165, 1.54) is 30.5 Å². The second-order valence-electron chi connectivity index (χ2n) is 6.69. The van der Waals surface area contributed by atoms with E-state index in [-0.39, 0.29) is 5.41 Å². The smallest absolute Gasteiger partial charge is 0.0410 e. The molecule has 1 heterocycles. The standard InChI is InChI=1S/C16H22ClN/c1-10-4-6-12-15(8-10)18-14-7-5-11(17)9-13(14)16(12,2)3/h5,7,9-10,12,15,18H,4,6,8H2,1-3H3/t10-,12-,15+/m1/s1. The Morgan fingerprint density at radius 3 is 2.83 bits per heavy atom. The summed E-state index contributed by atoms with van der Waals surface area (Å²) in [6.45, 7) is 7.15. The van der Waals surface area contributed by atoms with Gasteiger partial charge in [0.2, 0.25) is 0 Å². The van der Waals surface area contributed by atoms with E-state index in [1.54, 1.807) is 0 Å². The molecule has 1 aromatic carbocycles. The Morgan fingerprint density at radius 2 is 2.06 bits per heavy atom. The third kappa shape index (κ3) is 1.84. The molecular weight excluding hydrogens is 242 g/mol. The third-order valence-electron chi connectivity index (χ3n) is 5.06. The van der Waals surface area contributed by atoms with Crippen LogP contribution in [0.15, 0.2) is 18.2 Å². The highest BCUT2D eigenvalue weighted by Crippen LogP contribution is 2.49. The van der Waals surface area contributed by atoms with Crippen molar-refractivity contribution in [3.05, 3.63) is 28.8 Å². The minimum atomic E-state index is 0.232. The van der Waals surface area contributed by atoms with Gasteiger partial charge in [-0.05, 0) is 53.9 Å². The predicted molar refractivity (Wildman–Crippen MR) is 78.4 cm³/mol. The fraction of sp³-hybridized carbons (Fsp3) is 0.625. The van der Waals surface area contributed by atoms with Gasteiger partial charge in [-0.3, -0.25) is 0 Å². The van der Waals surface area contributed by atoms with Gasteiger partial charge in [0.25, 0.3) is 0 Å². The van der Waals surface area contributed by atoms with Crippen LogP contribution in [0.25, 0.3) is 0 Å². The topological polar surface area (TPSA) is 12.0 Å². The maximum Gasteiger partial charge on any atom is 0.0410 e. The molecule has 0 bridgehead atoms. The highest BCUT2D eigenvalue weighted by Gasteiger charge is 2.44. The zero-order valence-corrected chi connectivity index (χ0v) is 12.2. The number of nitrogens with one attached hydrogen (secondary N) is 1. The summed E-state index contributed by atoms with van der Waals surface area (Å²) < 4.78 is 0. The summed E-state index contributed by atoms with van der Waals surface area (Å²) >= 11 is 6.17. The second-order valence-corrected chi connectivity index (χ2v) is 7.12. The maximum atomic E-state index is 6.17. The van der Waals surface area contributed by atoms with Crippen LogP contribution >= 0.6 is 11.6 Å². The van der Waals surface area contributed by atoms with Crippen molar-refractivity contribution in [1.82, 2.24) is 0 Å². The summed E-state index contributed by atoms with van der Waals surface area (Å²) in [4.78, 5) is 0. The molecule has 1 fully saturated rings. The molecule has 1 aliphatic heterocycles. The molecule has 1 N–H and O–H groups in total. The Hall–Kier alpha value is -0.690. The Bertz CT molecular complexity index is 466. The maximum absolute atomic E-state index is 6.17. The lowest BCUT2D eigenvalue weighted by Crippen LogP contribution is -2.48. The van der Waals surface area contributed by atoms with Crippen LogP contribution in [0, 0.1) is 11.8 Å². The SMILES string of the molecule is C[C@@H]1CC[C@@H]2[C@H](C1)Nc1ccc(Cl)cc1C2(C)C. The van der Waals surface area contributed by atoms with Gasteiger partial charge in [0.15, 0.2) is 0 Å². The van der Waals surface area contributed by atoms with Gasteiger partial charge in [-0.2, -0.15) is 0 Å². The summed E-state index contributed by atoms with van der Waals surface area (Å²) in [6.07, 6.45) is 4.00. The first-order chi connectivity index (χ1) is 8.48. The second kappa shape index (κ2) is 4.16. The fourth-order valence-corrected chi connectivity index (χ4v) is 4.15. The van der Waals surface area contributed by atoms with Gasteiger partial charge in [0.1, 0.15) is 0 Å². The van der Waals surface area contributed by atoms with Crippen LogP contribution in [0.2, 0.25) is 5.02 Å². The fourth-order valence-electron chi connectivity index (χ4n) is 3.98. The van der Waals surface area contributed by atoms with Crippen LogP contribution in [-0.2, 0) is 5.41 Å². The molecule has 1 aromatic rings. The molecule has 3 rings (SSSR count). The van der Waals surface area contributed by atoms with Gasteiger partial charge in [-0.1, -0.05) is 38.8 Å². The number of benzene rings is 1. The molecule has 18 heavy (non-hydrogen) atoms. The Kier molecular flexibility index (Phi) is 2.85. The van der Waals surface area contributed by atoms with Crippen LogP contribution in [0.5, 0.6) is 0 Å². The summed E-state index contributed by atoms with van der Waals surface area (Å²) in [5.74, 6) is 1.59. The highest BCUT2D eigenvalue weighted by molar-refractivity contribution is 6.30. The summed E-state index contributed by atoms with van der Waals surface area (Å²) in [5.41, 5.74) is 2.92. The molecule has 3 atom stereocenters. The molecule has 0 radical (unpaired) electrons. The largest absolute Gasteiger partial charge is 0.382 e. The van der Waals surface area contributed by atoms with Gasteiger partial charge in [-0.25, -0.2) is 0 Å². The van der Waals surface area contributed by atoms with E-state index in [0.717, 1.165) is 16.9 Å². The van der Waals surface area contributed by atoms with Gasteiger partial charge in [0, 0.05) is 16.8 Å². The van der Waals surface area contributed by atoms with E-state index in [0.29, 0.717) is 6.04 Å². The van der Waals surface area contributed by atoms with Crippen molar-refractivity contribution in [2.24, 2.45) is 11.8 Å². The van der Waals surface area contributed by atoms with Crippen molar-refractivity contribution in [2.75, 3.05) is 5.32 Å². The van der Waals surface area contributed by atoms with Crippen LogP contribution in [0.3, 0.4) is 0 Å². The molecule has 0 spiro atoms. The van der Waals surface area contributed by atoms with E-state index < -0.39 is 0 Å². The Balaban J connectivity index is 2.04. The molecule has 0 amide bonds. The molecule has 1 aliphatic carbocycles. The van der Waals surface area contributed by atoms with Crippen LogP contribution in [0.1, 0.15) is 45.6 Å². The van der Waals surface area contributed by atoms with Crippen molar-refractivity contribution in [3.8, 4) is 0 Å². The van der Waals surface area contributed by atoms with Crippen molar-refractivity contribution in [1.29, 1.82) is 0 Å². The molecule has 1 saturated carbocycles. The minimum Gasteiger partial charge on any atom is -0.382 e. The van der Waals surface area contributed by atoms with Crippen molar-refractivity contribution >= 4 is 17.3 Å². The van der Waals surface area contributed by atoms with Crippen LogP contribution in [-0.4, -0.2) is 6.04 Å². The summed E-state index contributed by atoms with van der Waals surface area (Å²) in [5, 5.41) is 4.61. The molecule has 0 aromatic heterocycles. The predicted octanol–water partition coefficient (Wildman–Crippen LogP) is 4.85. The molecule has 98 valence electrons. The van der Waals surface area contributed by atoms with Crippen molar-refractivity contribution in [3.63, 3.8) is 0 Å². The number of fused-ring (bicyclic) bond motifs is 2. The lowest BCUT2D eigenvalue weighted by Gasteiger charge is -2.49. The lowest BCUT2D eigenvalue weighted by molar-refractivity contribution is 0.174. The van der Waals surface area contributed by atoms with Crippen molar-refractivity contribution < 1.29 is 0 Å². The van der Waals surface area contributed by atoms with Crippen molar-refractivity contribution in [2.45, 2.75) is 51.5 Å². The average Bonchev–Trinajstić information content (AvgIpc) is 2.30. The van der Waals surface area contributed by atoms with Crippen LogP contribution < -0.4 is 5.32 Å². The quantitative estimate of drug-likeness (QED) is 0.706. The van der Waals surface area contributed by atoms with Gasteiger partial charge >= 0.3 is 0 Å². The van der Waals surface area contributed by atoms with E-state index in [9.17, 15) is 0 Å². The van der Waals surface area contributed by atoms with E-state index in [4.69, 9.17) is 11.6 Å². The first kappa shape index (κ1) is 12.3. The van der Waals surface area contributed by atoms with E-state index in [1.807, 2.05) is 6.07 Å².